The topological polar surface area (TPSA) is 73.1 Å². The van der Waals surface area contributed by atoms with Gasteiger partial charge in [-0.15, -0.1) is 0 Å². The summed E-state index contributed by atoms with van der Waals surface area (Å²) in [5.74, 6) is 0.660. The van der Waals surface area contributed by atoms with Crippen LogP contribution in [0.25, 0.3) is 0 Å². The minimum Gasteiger partial charge on any atom is -0.381 e. The molecular formula is C11H18N4O. The van der Waals surface area contributed by atoms with Crippen LogP contribution in [0.1, 0.15) is 18.5 Å². The summed E-state index contributed by atoms with van der Waals surface area (Å²) in [6, 6.07) is 1.88. The Morgan fingerprint density at radius 2 is 2.25 bits per heavy atom. The molecule has 0 amide bonds. The second-order valence-corrected chi connectivity index (χ2v) is 4.24. The molecule has 0 saturated carbocycles. The van der Waals surface area contributed by atoms with Gasteiger partial charge >= 0.3 is 0 Å². The highest BCUT2D eigenvalue weighted by Gasteiger charge is 2.31. The van der Waals surface area contributed by atoms with Crippen LogP contribution in [0.2, 0.25) is 0 Å². The first kappa shape index (κ1) is 11.3. The van der Waals surface area contributed by atoms with Gasteiger partial charge in [0.25, 0.3) is 0 Å². The van der Waals surface area contributed by atoms with Crippen molar-refractivity contribution in [1.29, 1.82) is 0 Å². The molecule has 2 heterocycles. The summed E-state index contributed by atoms with van der Waals surface area (Å²) in [6.45, 7) is 4.02. The lowest BCUT2D eigenvalue weighted by molar-refractivity contribution is 0.0625. The molecule has 0 bridgehead atoms. The maximum Gasteiger partial charge on any atom is 0.223 e. The van der Waals surface area contributed by atoms with Crippen LogP contribution in [0.3, 0.4) is 0 Å². The number of hydrogen-bond donors (Lipinski definition) is 2. The van der Waals surface area contributed by atoms with E-state index in [0.717, 1.165) is 31.7 Å². The zero-order valence-electron chi connectivity index (χ0n) is 9.57. The minimum atomic E-state index is -0.105. The first-order chi connectivity index (χ1) is 7.74. The van der Waals surface area contributed by atoms with Crippen molar-refractivity contribution >= 4 is 5.95 Å². The molecule has 1 aromatic rings. The highest BCUT2D eigenvalue weighted by molar-refractivity contribution is 5.30. The smallest absolute Gasteiger partial charge is 0.223 e. The van der Waals surface area contributed by atoms with Gasteiger partial charge in [0.15, 0.2) is 0 Å². The molecule has 1 saturated heterocycles. The largest absolute Gasteiger partial charge is 0.381 e. The number of ether oxygens (including phenoxy) is 1. The van der Waals surface area contributed by atoms with Crippen molar-refractivity contribution in [3.8, 4) is 0 Å². The number of nitrogens with two attached hydrogens (primary N) is 1. The number of hydrogen-bond acceptors (Lipinski definition) is 5. The summed E-state index contributed by atoms with van der Waals surface area (Å²) in [6.07, 6.45) is 3.57. The highest BCUT2D eigenvalue weighted by atomic mass is 16.5. The van der Waals surface area contributed by atoms with E-state index in [1.54, 1.807) is 6.20 Å². The standard InChI is InChI=1S/C11H18N4O/c1-9-2-5-13-10(14-9)15-11(8-12)3-6-16-7-4-11/h2,5H,3-4,6-8,12H2,1H3,(H,13,14,15). The van der Waals surface area contributed by atoms with Gasteiger partial charge in [-0.1, -0.05) is 0 Å². The van der Waals surface area contributed by atoms with E-state index in [-0.39, 0.29) is 5.54 Å². The second kappa shape index (κ2) is 4.76. The third-order valence-electron chi connectivity index (χ3n) is 3.01. The third kappa shape index (κ3) is 2.48. The van der Waals surface area contributed by atoms with Crippen LogP contribution in [0.4, 0.5) is 5.95 Å². The molecule has 0 atom stereocenters. The molecule has 2 rings (SSSR count). The van der Waals surface area contributed by atoms with Crippen LogP contribution < -0.4 is 11.1 Å². The number of aromatic nitrogens is 2. The Kier molecular flexibility index (Phi) is 3.36. The Balaban J connectivity index is 2.11. The summed E-state index contributed by atoms with van der Waals surface area (Å²) in [5, 5.41) is 3.36. The summed E-state index contributed by atoms with van der Waals surface area (Å²) >= 11 is 0. The van der Waals surface area contributed by atoms with E-state index in [4.69, 9.17) is 10.5 Å². The lowest BCUT2D eigenvalue weighted by Gasteiger charge is -2.36. The molecule has 5 heteroatoms. The number of nitrogens with one attached hydrogen (secondary N) is 1. The fourth-order valence-corrected chi connectivity index (χ4v) is 1.89. The Morgan fingerprint density at radius 3 is 2.88 bits per heavy atom. The molecule has 3 N–H and O–H groups in total. The molecule has 5 nitrogen and oxygen atoms in total. The molecule has 1 fully saturated rings. The zero-order valence-corrected chi connectivity index (χ0v) is 9.57. The molecule has 0 aromatic carbocycles. The average molecular weight is 222 g/mol. The first-order valence-corrected chi connectivity index (χ1v) is 5.60. The number of rotatable bonds is 3. The van der Waals surface area contributed by atoms with Gasteiger partial charge in [-0.3, -0.25) is 0 Å². The van der Waals surface area contributed by atoms with Crippen molar-refractivity contribution in [1.82, 2.24) is 9.97 Å². The minimum absolute atomic E-state index is 0.105. The molecule has 0 spiro atoms. The zero-order chi connectivity index (χ0) is 11.4. The molecule has 1 aromatic heterocycles. The van der Waals surface area contributed by atoms with Crippen LogP contribution in [0.5, 0.6) is 0 Å². The van der Waals surface area contributed by atoms with Crippen molar-refractivity contribution in [3.63, 3.8) is 0 Å². The Morgan fingerprint density at radius 1 is 1.50 bits per heavy atom. The van der Waals surface area contributed by atoms with Crippen LogP contribution >= 0.6 is 0 Å². The molecule has 1 aliphatic heterocycles. The Bertz CT molecular complexity index is 350. The van der Waals surface area contributed by atoms with E-state index >= 15 is 0 Å². The van der Waals surface area contributed by atoms with E-state index in [9.17, 15) is 0 Å². The Labute approximate surface area is 95.4 Å². The Hall–Kier alpha value is -1.20. The lowest BCUT2D eigenvalue weighted by Crippen LogP contribution is -2.50. The van der Waals surface area contributed by atoms with E-state index in [1.807, 2.05) is 13.0 Å². The summed E-state index contributed by atoms with van der Waals surface area (Å²) in [5.41, 5.74) is 6.70. The van der Waals surface area contributed by atoms with Crippen molar-refractivity contribution < 1.29 is 4.74 Å². The monoisotopic (exact) mass is 222 g/mol. The fraction of sp³-hybridized carbons (Fsp3) is 0.636. The van der Waals surface area contributed by atoms with Crippen molar-refractivity contribution in [3.05, 3.63) is 18.0 Å². The third-order valence-corrected chi connectivity index (χ3v) is 3.01. The molecule has 0 radical (unpaired) electrons. The molecule has 16 heavy (non-hydrogen) atoms. The predicted octanol–water partition coefficient (Wildman–Crippen LogP) is 0.705. The fourth-order valence-electron chi connectivity index (χ4n) is 1.89. The average Bonchev–Trinajstić information content (AvgIpc) is 2.30. The van der Waals surface area contributed by atoms with Gasteiger partial charge in [-0.2, -0.15) is 0 Å². The summed E-state index contributed by atoms with van der Waals surface area (Å²) in [7, 11) is 0. The van der Waals surface area contributed by atoms with Gasteiger partial charge in [0.2, 0.25) is 5.95 Å². The van der Waals surface area contributed by atoms with E-state index in [1.165, 1.54) is 0 Å². The van der Waals surface area contributed by atoms with E-state index < -0.39 is 0 Å². The summed E-state index contributed by atoms with van der Waals surface area (Å²) in [4.78, 5) is 8.55. The lowest BCUT2D eigenvalue weighted by atomic mass is 9.90. The van der Waals surface area contributed by atoms with Gasteiger partial charge in [0.1, 0.15) is 0 Å². The second-order valence-electron chi connectivity index (χ2n) is 4.24. The summed E-state index contributed by atoms with van der Waals surface area (Å²) < 4.78 is 5.35. The highest BCUT2D eigenvalue weighted by Crippen LogP contribution is 2.23. The SMILES string of the molecule is Cc1ccnc(NC2(CN)CCOCC2)n1. The van der Waals surface area contributed by atoms with Gasteiger partial charge in [0.05, 0.1) is 5.54 Å². The molecule has 0 aliphatic carbocycles. The first-order valence-electron chi connectivity index (χ1n) is 5.60. The number of nitrogens with zero attached hydrogens (tertiary/aromatic N) is 2. The quantitative estimate of drug-likeness (QED) is 0.787. The predicted molar refractivity (Wildman–Crippen MR) is 62.2 cm³/mol. The van der Waals surface area contributed by atoms with Crippen LogP contribution in [-0.2, 0) is 4.74 Å². The molecular weight excluding hydrogens is 204 g/mol. The van der Waals surface area contributed by atoms with E-state index in [2.05, 4.69) is 15.3 Å². The number of aryl methyl sites for hydroxylation is 1. The van der Waals surface area contributed by atoms with Gasteiger partial charge in [-0.05, 0) is 25.8 Å². The van der Waals surface area contributed by atoms with Crippen molar-refractivity contribution in [2.75, 3.05) is 25.1 Å². The molecule has 0 unspecified atom stereocenters. The van der Waals surface area contributed by atoms with E-state index in [0.29, 0.717) is 12.5 Å². The van der Waals surface area contributed by atoms with Gasteiger partial charge in [0, 0.05) is 31.6 Å². The van der Waals surface area contributed by atoms with Gasteiger partial charge < -0.3 is 15.8 Å². The maximum atomic E-state index is 5.85. The normalized spacial score (nSPS) is 19.4. The molecule has 88 valence electrons. The van der Waals surface area contributed by atoms with Crippen LogP contribution in [-0.4, -0.2) is 35.3 Å². The molecule has 1 aliphatic rings. The van der Waals surface area contributed by atoms with Crippen LogP contribution in [0.15, 0.2) is 12.3 Å². The van der Waals surface area contributed by atoms with Crippen molar-refractivity contribution in [2.24, 2.45) is 5.73 Å². The number of anilines is 1. The van der Waals surface area contributed by atoms with Gasteiger partial charge in [-0.25, -0.2) is 9.97 Å². The van der Waals surface area contributed by atoms with Crippen molar-refractivity contribution in [2.45, 2.75) is 25.3 Å². The maximum absolute atomic E-state index is 5.85. The van der Waals surface area contributed by atoms with Crippen LogP contribution in [0, 0.1) is 6.92 Å².